The van der Waals surface area contributed by atoms with Crippen LogP contribution in [0.2, 0.25) is 0 Å². The van der Waals surface area contributed by atoms with E-state index in [-0.39, 0.29) is 6.61 Å². The second-order valence-electron chi connectivity index (χ2n) is 5.02. The Morgan fingerprint density at radius 2 is 2.28 bits per heavy atom. The van der Waals surface area contributed by atoms with E-state index < -0.39 is 6.10 Å². The lowest BCUT2D eigenvalue weighted by molar-refractivity contribution is 0.0677. The fourth-order valence-corrected chi connectivity index (χ4v) is 2.95. The summed E-state index contributed by atoms with van der Waals surface area (Å²) in [6.45, 7) is 2.81. The van der Waals surface area contributed by atoms with Crippen molar-refractivity contribution >= 4 is 15.9 Å². The molecule has 0 aliphatic carbocycles. The van der Waals surface area contributed by atoms with Gasteiger partial charge in [-0.25, -0.2) is 0 Å². The summed E-state index contributed by atoms with van der Waals surface area (Å²) >= 11 is 3.42. The van der Waals surface area contributed by atoms with Gasteiger partial charge in [0.2, 0.25) is 0 Å². The van der Waals surface area contributed by atoms with Crippen LogP contribution in [0.25, 0.3) is 0 Å². The summed E-state index contributed by atoms with van der Waals surface area (Å²) in [5.74, 6) is 0.369. The number of hydrogen-bond acceptors (Lipinski definition) is 3. The fourth-order valence-electron chi connectivity index (χ4n) is 2.53. The summed E-state index contributed by atoms with van der Waals surface area (Å²) < 4.78 is 0.992. The highest BCUT2D eigenvalue weighted by atomic mass is 79.9. The number of halogens is 1. The largest absolute Gasteiger partial charge is 0.396 e. The molecule has 1 aromatic carbocycles. The van der Waals surface area contributed by atoms with Crippen LogP contribution in [0.4, 0.5) is 0 Å². The van der Waals surface area contributed by atoms with E-state index in [2.05, 4.69) is 20.8 Å². The van der Waals surface area contributed by atoms with Gasteiger partial charge in [-0.05, 0) is 43.0 Å². The van der Waals surface area contributed by atoms with E-state index in [4.69, 9.17) is 0 Å². The van der Waals surface area contributed by atoms with Gasteiger partial charge in [-0.15, -0.1) is 0 Å². The van der Waals surface area contributed by atoms with Crippen LogP contribution in [0.3, 0.4) is 0 Å². The molecule has 100 valence electrons. The van der Waals surface area contributed by atoms with E-state index in [0.29, 0.717) is 12.5 Å². The van der Waals surface area contributed by atoms with Gasteiger partial charge in [0.15, 0.2) is 0 Å². The Hall–Kier alpha value is -0.420. The van der Waals surface area contributed by atoms with Gasteiger partial charge in [0.1, 0.15) is 0 Å². The molecule has 2 rings (SSSR count). The molecule has 2 N–H and O–H groups in total. The van der Waals surface area contributed by atoms with E-state index in [1.165, 1.54) is 0 Å². The Bertz CT molecular complexity index is 386. The summed E-state index contributed by atoms with van der Waals surface area (Å²) in [7, 11) is 0. The Kier molecular flexibility index (Phi) is 5.18. The minimum atomic E-state index is -0.458. The van der Waals surface area contributed by atoms with Crippen LogP contribution in [0, 0.1) is 5.92 Å². The van der Waals surface area contributed by atoms with Crippen LogP contribution in [0.15, 0.2) is 28.7 Å². The number of likely N-dealkylation sites (tertiary alicyclic amines) is 1. The van der Waals surface area contributed by atoms with Gasteiger partial charge >= 0.3 is 0 Å². The zero-order valence-corrected chi connectivity index (χ0v) is 12.0. The van der Waals surface area contributed by atoms with Gasteiger partial charge in [-0.3, -0.25) is 0 Å². The van der Waals surface area contributed by atoms with Crippen molar-refractivity contribution in [1.82, 2.24) is 4.90 Å². The molecular formula is C14H20BrNO2. The van der Waals surface area contributed by atoms with Crippen LogP contribution in [-0.4, -0.2) is 41.4 Å². The van der Waals surface area contributed by atoms with Crippen LogP contribution in [0.5, 0.6) is 0 Å². The van der Waals surface area contributed by atoms with Crippen LogP contribution in [0.1, 0.15) is 24.5 Å². The molecule has 1 aliphatic rings. The molecule has 0 bridgehead atoms. The Morgan fingerprint density at radius 1 is 1.44 bits per heavy atom. The Labute approximate surface area is 117 Å². The minimum absolute atomic E-state index is 0.253. The van der Waals surface area contributed by atoms with Crippen molar-refractivity contribution in [2.75, 3.05) is 26.2 Å². The number of rotatable bonds is 4. The smallest absolute Gasteiger partial charge is 0.0917 e. The lowest BCUT2D eigenvalue weighted by Crippen LogP contribution is -2.39. The van der Waals surface area contributed by atoms with Gasteiger partial charge in [-0.1, -0.05) is 28.1 Å². The van der Waals surface area contributed by atoms with Gasteiger partial charge < -0.3 is 15.1 Å². The number of nitrogens with zero attached hydrogens (tertiary/aromatic N) is 1. The van der Waals surface area contributed by atoms with Gasteiger partial charge in [0, 0.05) is 24.2 Å². The maximum Gasteiger partial charge on any atom is 0.0917 e. The molecule has 1 aliphatic heterocycles. The Morgan fingerprint density at radius 3 is 3.00 bits per heavy atom. The monoisotopic (exact) mass is 313 g/mol. The highest BCUT2D eigenvalue weighted by molar-refractivity contribution is 9.10. The summed E-state index contributed by atoms with van der Waals surface area (Å²) in [6, 6.07) is 7.80. The number of hydrogen-bond donors (Lipinski definition) is 2. The van der Waals surface area contributed by atoms with Crippen LogP contribution >= 0.6 is 15.9 Å². The maximum absolute atomic E-state index is 10.2. The molecule has 2 atom stereocenters. The normalized spacial score (nSPS) is 22.9. The zero-order valence-electron chi connectivity index (χ0n) is 10.4. The minimum Gasteiger partial charge on any atom is -0.396 e. The first kappa shape index (κ1) is 14.0. The van der Waals surface area contributed by atoms with Crippen molar-refractivity contribution in [2.24, 2.45) is 5.92 Å². The molecular weight excluding hydrogens is 294 g/mol. The van der Waals surface area contributed by atoms with Crippen molar-refractivity contribution in [1.29, 1.82) is 0 Å². The van der Waals surface area contributed by atoms with Crippen molar-refractivity contribution in [3.8, 4) is 0 Å². The van der Waals surface area contributed by atoms with E-state index in [1.807, 2.05) is 24.3 Å². The number of aliphatic hydroxyl groups excluding tert-OH is 2. The molecule has 0 saturated carbocycles. The van der Waals surface area contributed by atoms with Crippen molar-refractivity contribution < 1.29 is 10.2 Å². The Balaban J connectivity index is 1.92. The molecule has 2 unspecified atom stereocenters. The topological polar surface area (TPSA) is 43.7 Å². The molecule has 18 heavy (non-hydrogen) atoms. The summed E-state index contributed by atoms with van der Waals surface area (Å²) in [5, 5.41) is 19.4. The average molecular weight is 314 g/mol. The SMILES string of the molecule is OCC1CCCN(CC(O)c2cccc(Br)c2)C1. The lowest BCUT2D eigenvalue weighted by Gasteiger charge is -2.33. The third-order valence-corrected chi connectivity index (χ3v) is 4.02. The second kappa shape index (κ2) is 6.66. The van der Waals surface area contributed by atoms with Gasteiger partial charge in [0.25, 0.3) is 0 Å². The third-order valence-electron chi connectivity index (χ3n) is 3.53. The number of piperidine rings is 1. The van der Waals surface area contributed by atoms with E-state index in [1.54, 1.807) is 0 Å². The third kappa shape index (κ3) is 3.79. The molecule has 1 fully saturated rings. The first-order valence-electron chi connectivity index (χ1n) is 6.46. The summed E-state index contributed by atoms with van der Waals surface area (Å²) in [4.78, 5) is 2.25. The van der Waals surface area contributed by atoms with E-state index in [0.717, 1.165) is 36.0 Å². The van der Waals surface area contributed by atoms with Crippen molar-refractivity contribution in [3.63, 3.8) is 0 Å². The molecule has 1 saturated heterocycles. The van der Waals surface area contributed by atoms with E-state index in [9.17, 15) is 10.2 Å². The number of benzene rings is 1. The van der Waals surface area contributed by atoms with Crippen LogP contribution < -0.4 is 0 Å². The van der Waals surface area contributed by atoms with Crippen molar-refractivity contribution in [2.45, 2.75) is 18.9 Å². The molecule has 1 aromatic rings. The molecule has 4 heteroatoms. The highest BCUT2D eigenvalue weighted by Crippen LogP contribution is 2.22. The number of β-amino-alcohol motifs (C(OH)–C–C–N with tert-alkyl or cyclic N) is 1. The quantitative estimate of drug-likeness (QED) is 0.895. The van der Waals surface area contributed by atoms with Crippen LogP contribution in [-0.2, 0) is 0 Å². The zero-order chi connectivity index (χ0) is 13.0. The van der Waals surface area contributed by atoms with Gasteiger partial charge in [-0.2, -0.15) is 0 Å². The molecule has 0 radical (unpaired) electrons. The second-order valence-corrected chi connectivity index (χ2v) is 5.94. The standard InChI is InChI=1S/C14H20BrNO2/c15-13-5-1-4-12(7-13)14(18)9-16-6-2-3-11(8-16)10-17/h1,4-5,7,11,14,17-18H,2-3,6,8-10H2. The average Bonchev–Trinajstić information content (AvgIpc) is 2.39. The highest BCUT2D eigenvalue weighted by Gasteiger charge is 2.21. The fraction of sp³-hybridized carbons (Fsp3) is 0.571. The predicted molar refractivity (Wildman–Crippen MR) is 75.4 cm³/mol. The first-order chi connectivity index (χ1) is 8.69. The summed E-state index contributed by atoms with van der Waals surface area (Å²) in [6.07, 6.45) is 1.75. The molecule has 3 nitrogen and oxygen atoms in total. The van der Waals surface area contributed by atoms with Gasteiger partial charge in [0.05, 0.1) is 6.10 Å². The molecule has 0 spiro atoms. The maximum atomic E-state index is 10.2. The van der Waals surface area contributed by atoms with Crippen molar-refractivity contribution in [3.05, 3.63) is 34.3 Å². The predicted octanol–water partition coefficient (Wildman–Crippen LogP) is 2.19. The molecule has 0 amide bonds. The molecule has 1 heterocycles. The molecule has 0 aromatic heterocycles. The number of aliphatic hydroxyl groups is 2. The first-order valence-corrected chi connectivity index (χ1v) is 7.25. The lowest BCUT2D eigenvalue weighted by atomic mass is 9.98. The summed E-state index contributed by atoms with van der Waals surface area (Å²) in [5.41, 5.74) is 0.940. The van der Waals surface area contributed by atoms with E-state index >= 15 is 0 Å².